The topological polar surface area (TPSA) is 108 Å². The lowest BCUT2D eigenvalue weighted by atomic mass is 10.3. The number of aliphatic hydroxyl groups is 1. The van der Waals surface area contributed by atoms with Crippen molar-refractivity contribution in [3.63, 3.8) is 0 Å². The number of carboxylic acids is 1. The number of aromatic nitrogens is 1. The van der Waals surface area contributed by atoms with E-state index in [1.165, 1.54) is 12.6 Å². The second kappa shape index (κ2) is 5.74. The first kappa shape index (κ1) is 15.0. The Kier molecular flexibility index (Phi) is 4.79. The molecule has 0 saturated carbocycles. The van der Waals surface area contributed by atoms with Crippen molar-refractivity contribution in [3.8, 4) is 0 Å². The van der Waals surface area contributed by atoms with Crippen molar-refractivity contribution >= 4 is 27.3 Å². The van der Waals surface area contributed by atoms with Crippen molar-refractivity contribution in [3.05, 3.63) is 11.2 Å². The summed E-state index contributed by atoms with van der Waals surface area (Å²) < 4.78 is 24.9. The van der Waals surface area contributed by atoms with Gasteiger partial charge in [0.15, 0.2) is 9.90 Å². The van der Waals surface area contributed by atoms with Gasteiger partial charge in [0, 0.05) is 13.6 Å². The minimum absolute atomic E-state index is 0.108. The van der Waals surface area contributed by atoms with Crippen LogP contribution in [0.25, 0.3) is 0 Å². The molecule has 0 aliphatic rings. The van der Waals surface area contributed by atoms with Crippen LogP contribution >= 0.6 is 11.3 Å². The van der Waals surface area contributed by atoms with E-state index < -0.39 is 27.8 Å². The highest BCUT2D eigenvalue weighted by atomic mass is 32.2. The number of rotatable bonds is 6. The molecule has 18 heavy (non-hydrogen) atoms. The molecule has 1 aromatic rings. The molecule has 0 fully saturated rings. The van der Waals surface area contributed by atoms with Gasteiger partial charge in [-0.1, -0.05) is 0 Å². The standard InChI is InChI=1S/C9H14N2O5S2/c1-6(12)3-4-11(2)18(15,16)9-7(8(13)14)10-5-17-9/h5-6,12H,3-4H2,1-2H3,(H,13,14). The molecule has 9 heteroatoms. The van der Waals surface area contributed by atoms with Crippen molar-refractivity contribution in [2.75, 3.05) is 13.6 Å². The molecule has 1 atom stereocenters. The lowest BCUT2D eigenvalue weighted by Gasteiger charge is -2.16. The minimum atomic E-state index is -3.87. The van der Waals surface area contributed by atoms with Crippen LogP contribution in [0.5, 0.6) is 0 Å². The summed E-state index contributed by atoms with van der Waals surface area (Å²) in [6.07, 6.45) is -0.347. The van der Waals surface area contributed by atoms with Gasteiger partial charge in [-0.2, -0.15) is 0 Å². The van der Waals surface area contributed by atoms with Crippen LogP contribution in [0, 0.1) is 0 Å². The number of aromatic carboxylic acids is 1. The predicted molar refractivity (Wildman–Crippen MR) is 65.2 cm³/mol. The molecule has 0 aromatic carbocycles. The number of hydrogen-bond donors (Lipinski definition) is 2. The Morgan fingerprint density at radius 2 is 2.22 bits per heavy atom. The van der Waals surface area contributed by atoms with E-state index in [1.807, 2.05) is 0 Å². The Hall–Kier alpha value is -1.03. The zero-order chi connectivity index (χ0) is 13.9. The number of carbonyl (C=O) groups is 1. The van der Waals surface area contributed by atoms with E-state index >= 15 is 0 Å². The molecule has 1 unspecified atom stereocenters. The van der Waals surface area contributed by atoms with E-state index in [0.717, 1.165) is 15.6 Å². The van der Waals surface area contributed by atoms with Crippen LogP contribution in [0.15, 0.2) is 9.72 Å². The molecule has 0 radical (unpaired) electrons. The second-order valence-corrected chi connectivity index (χ2v) is 6.85. The largest absolute Gasteiger partial charge is 0.476 e. The SMILES string of the molecule is CC(O)CCN(C)S(=O)(=O)c1scnc1C(=O)O. The third kappa shape index (κ3) is 3.25. The molecule has 7 nitrogen and oxygen atoms in total. The Labute approximate surface area is 109 Å². The Morgan fingerprint density at radius 3 is 2.72 bits per heavy atom. The number of nitrogens with zero attached hydrogens (tertiary/aromatic N) is 2. The van der Waals surface area contributed by atoms with Gasteiger partial charge in [-0.05, 0) is 13.3 Å². The van der Waals surface area contributed by atoms with Crippen LogP contribution in [0.3, 0.4) is 0 Å². The zero-order valence-corrected chi connectivity index (χ0v) is 11.5. The molecule has 0 aliphatic carbocycles. The molecule has 1 heterocycles. The lowest BCUT2D eigenvalue weighted by molar-refractivity contribution is 0.0687. The Morgan fingerprint density at radius 1 is 1.61 bits per heavy atom. The van der Waals surface area contributed by atoms with E-state index in [9.17, 15) is 13.2 Å². The summed E-state index contributed by atoms with van der Waals surface area (Å²) in [5, 5.41) is 18.0. The fourth-order valence-corrected chi connectivity index (χ4v) is 3.71. The number of hydrogen-bond acceptors (Lipinski definition) is 6. The van der Waals surface area contributed by atoms with Gasteiger partial charge >= 0.3 is 5.97 Å². The van der Waals surface area contributed by atoms with Crippen molar-refractivity contribution in [1.82, 2.24) is 9.29 Å². The molecule has 0 saturated heterocycles. The summed E-state index contributed by atoms with van der Waals surface area (Å²) in [5.41, 5.74) is 0.711. The highest BCUT2D eigenvalue weighted by molar-refractivity contribution is 7.91. The van der Waals surface area contributed by atoms with Crippen LogP contribution in [-0.4, -0.2) is 53.6 Å². The summed E-state index contributed by atoms with van der Waals surface area (Å²) in [5.74, 6) is -1.38. The molecule has 0 amide bonds. The average molecular weight is 294 g/mol. The Bertz CT molecular complexity index is 523. The normalized spacial score (nSPS) is 13.8. The molecule has 1 rings (SSSR count). The second-order valence-electron chi connectivity index (χ2n) is 3.76. The molecule has 0 bridgehead atoms. The minimum Gasteiger partial charge on any atom is -0.476 e. The van der Waals surface area contributed by atoms with E-state index in [0.29, 0.717) is 0 Å². The van der Waals surface area contributed by atoms with Gasteiger partial charge < -0.3 is 10.2 Å². The molecular weight excluding hydrogens is 280 g/mol. The summed E-state index contributed by atoms with van der Waals surface area (Å²) in [6.45, 7) is 1.66. The zero-order valence-electron chi connectivity index (χ0n) is 9.90. The van der Waals surface area contributed by atoms with E-state index in [2.05, 4.69) is 4.98 Å². The first-order valence-corrected chi connectivity index (χ1v) is 7.40. The Balaban J connectivity index is 2.99. The molecule has 0 aliphatic heterocycles. The first-order valence-electron chi connectivity index (χ1n) is 5.08. The number of thiazole rings is 1. The van der Waals surface area contributed by atoms with E-state index in [4.69, 9.17) is 10.2 Å². The molecule has 1 aromatic heterocycles. The maximum absolute atomic E-state index is 12.1. The fourth-order valence-electron chi connectivity index (χ4n) is 1.19. The van der Waals surface area contributed by atoms with Crippen molar-refractivity contribution in [1.29, 1.82) is 0 Å². The number of carboxylic acid groups (broad SMARTS) is 1. The summed E-state index contributed by atoms with van der Waals surface area (Å²) in [6, 6.07) is 0. The summed E-state index contributed by atoms with van der Waals surface area (Å²) >= 11 is 0.763. The van der Waals surface area contributed by atoms with Crippen LogP contribution < -0.4 is 0 Å². The average Bonchev–Trinajstić information content (AvgIpc) is 2.74. The van der Waals surface area contributed by atoms with Crippen LogP contribution in [-0.2, 0) is 10.0 Å². The van der Waals surface area contributed by atoms with Gasteiger partial charge in [-0.3, -0.25) is 0 Å². The highest BCUT2D eigenvalue weighted by Crippen LogP contribution is 2.23. The smallest absolute Gasteiger partial charge is 0.356 e. The monoisotopic (exact) mass is 294 g/mol. The van der Waals surface area contributed by atoms with Gasteiger partial charge in [0.25, 0.3) is 10.0 Å². The first-order chi connectivity index (χ1) is 8.26. The maximum Gasteiger partial charge on any atom is 0.356 e. The number of sulfonamides is 1. The summed E-state index contributed by atoms with van der Waals surface area (Å²) in [4.78, 5) is 14.4. The van der Waals surface area contributed by atoms with Crippen molar-refractivity contribution in [2.24, 2.45) is 0 Å². The van der Waals surface area contributed by atoms with E-state index in [-0.39, 0.29) is 17.2 Å². The van der Waals surface area contributed by atoms with E-state index in [1.54, 1.807) is 6.92 Å². The molecular formula is C9H14N2O5S2. The molecule has 102 valence electrons. The number of aliphatic hydroxyl groups excluding tert-OH is 1. The van der Waals surface area contributed by atoms with Crippen LogP contribution in [0.1, 0.15) is 23.8 Å². The fraction of sp³-hybridized carbons (Fsp3) is 0.556. The van der Waals surface area contributed by atoms with Gasteiger partial charge in [-0.25, -0.2) is 22.5 Å². The van der Waals surface area contributed by atoms with Crippen LogP contribution in [0.4, 0.5) is 0 Å². The van der Waals surface area contributed by atoms with Gasteiger partial charge in [-0.15, -0.1) is 11.3 Å². The predicted octanol–water partition coefficient (Wildman–Crippen LogP) is 0.233. The van der Waals surface area contributed by atoms with Gasteiger partial charge in [0.2, 0.25) is 0 Å². The quantitative estimate of drug-likeness (QED) is 0.777. The van der Waals surface area contributed by atoms with Crippen molar-refractivity contribution < 1.29 is 23.4 Å². The maximum atomic E-state index is 12.1. The van der Waals surface area contributed by atoms with Gasteiger partial charge in [0.1, 0.15) is 0 Å². The van der Waals surface area contributed by atoms with Crippen LogP contribution in [0.2, 0.25) is 0 Å². The third-order valence-electron chi connectivity index (χ3n) is 2.24. The van der Waals surface area contributed by atoms with Gasteiger partial charge in [0.05, 0.1) is 11.6 Å². The lowest BCUT2D eigenvalue weighted by Crippen LogP contribution is -2.30. The third-order valence-corrected chi connectivity index (χ3v) is 5.45. The highest BCUT2D eigenvalue weighted by Gasteiger charge is 2.29. The summed E-state index contributed by atoms with van der Waals surface area (Å²) in [7, 11) is -2.53. The molecule has 2 N–H and O–H groups in total. The van der Waals surface area contributed by atoms with Crippen molar-refractivity contribution in [2.45, 2.75) is 23.7 Å². The molecule has 0 spiro atoms.